The van der Waals surface area contributed by atoms with Gasteiger partial charge >= 0.3 is 0 Å². The topological polar surface area (TPSA) is 84.0 Å². The van der Waals surface area contributed by atoms with Crippen LogP contribution in [-0.4, -0.2) is 25.2 Å². The lowest BCUT2D eigenvalue weighted by Gasteiger charge is -2.10. The first-order valence-corrected chi connectivity index (χ1v) is 8.18. The second-order valence-electron chi connectivity index (χ2n) is 4.25. The first kappa shape index (κ1) is 15.7. The minimum absolute atomic E-state index is 0.130. The second kappa shape index (κ2) is 6.84. The fourth-order valence-electron chi connectivity index (χ4n) is 1.67. The minimum Gasteiger partial charge on any atom is -0.313 e. The molecule has 2 aromatic rings. The van der Waals surface area contributed by atoms with Gasteiger partial charge in [0.2, 0.25) is 0 Å². The zero-order chi connectivity index (χ0) is 15.3. The quantitative estimate of drug-likeness (QED) is 0.848. The molecule has 8 heteroatoms. The van der Waals surface area contributed by atoms with E-state index in [1.54, 1.807) is 18.2 Å². The SMILES string of the molecule is CCNCc1cc(S(=O)(=O)Nc2cccnn2)ccc1Cl. The molecule has 0 unspecified atom stereocenters. The molecule has 0 aliphatic carbocycles. The maximum atomic E-state index is 12.3. The van der Waals surface area contributed by atoms with E-state index in [0.29, 0.717) is 11.6 Å². The summed E-state index contributed by atoms with van der Waals surface area (Å²) in [5.41, 5.74) is 0.723. The van der Waals surface area contributed by atoms with Gasteiger partial charge in [-0.2, -0.15) is 5.10 Å². The molecule has 0 fully saturated rings. The summed E-state index contributed by atoms with van der Waals surface area (Å²) >= 11 is 6.06. The summed E-state index contributed by atoms with van der Waals surface area (Å²) in [5.74, 6) is 0.167. The summed E-state index contributed by atoms with van der Waals surface area (Å²) in [6.45, 7) is 3.24. The highest BCUT2D eigenvalue weighted by Crippen LogP contribution is 2.21. The van der Waals surface area contributed by atoms with Gasteiger partial charge in [0.1, 0.15) is 0 Å². The fourth-order valence-corrected chi connectivity index (χ4v) is 2.90. The van der Waals surface area contributed by atoms with E-state index >= 15 is 0 Å². The lowest BCUT2D eigenvalue weighted by Crippen LogP contribution is -2.16. The van der Waals surface area contributed by atoms with Gasteiger partial charge in [0.15, 0.2) is 5.82 Å². The van der Waals surface area contributed by atoms with E-state index in [4.69, 9.17) is 11.6 Å². The molecule has 2 rings (SSSR count). The molecule has 0 aliphatic rings. The van der Waals surface area contributed by atoms with Gasteiger partial charge in [0, 0.05) is 17.8 Å². The predicted octanol–water partition coefficient (Wildman–Crippen LogP) is 2.04. The summed E-state index contributed by atoms with van der Waals surface area (Å²) < 4.78 is 27.0. The van der Waals surface area contributed by atoms with Crippen molar-refractivity contribution < 1.29 is 8.42 Å². The third kappa shape index (κ3) is 4.13. The second-order valence-corrected chi connectivity index (χ2v) is 6.34. The lowest BCUT2D eigenvalue weighted by molar-refractivity contribution is 0.600. The van der Waals surface area contributed by atoms with E-state index < -0.39 is 10.0 Å². The van der Waals surface area contributed by atoms with Crippen molar-refractivity contribution >= 4 is 27.4 Å². The number of nitrogens with one attached hydrogen (secondary N) is 2. The number of anilines is 1. The first-order valence-electron chi connectivity index (χ1n) is 6.32. The molecule has 1 aromatic carbocycles. The number of aromatic nitrogens is 2. The van der Waals surface area contributed by atoms with Crippen LogP contribution in [0.15, 0.2) is 41.4 Å². The van der Waals surface area contributed by atoms with Gasteiger partial charge < -0.3 is 5.32 Å². The van der Waals surface area contributed by atoms with Crippen molar-refractivity contribution in [2.75, 3.05) is 11.3 Å². The molecular formula is C13H15ClN4O2S. The van der Waals surface area contributed by atoms with E-state index in [1.165, 1.54) is 18.3 Å². The zero-order valence-corrected chi connectivity index (χ0v) is 12.9. The first-order chi connectivity index (χ1) is 10.0. The third-order valence-corrected chi connectivity index (χ3v) is 4.43. The molecule has 0 radical (unpaired) electrons. The van der Waals surface area contributed by atoms with E-state index in [1.807, 2.05) is 6.92 Å². The maximum absolute atomic E-state index is 12.3. The van der Waals surface area contributed by atoms with Crippen molar-refractivity contribution in [3.63, 3.8) is 0 Å². The summed E-state index contributed by atoms with van der Waals surface area (Å²) in [5, 5.41) is 11.0. The summed E-state index contributed by atoms with van der Waals surface area (Å²) in [6.07, 6.45) is 1.47. The van der Waals surface area contributed by atoms with Crippen LogP contribution in [0.4, 0.5) is 5.82 Å². The lowest BCUT2D eigenvalue weighted by atomic mass is 10.2. The van der Waals surface area contributed by atoms with E-state index in [9.17, 15) is 8.42 Å². The molecule has 2 N–H and O–H groups in total. The number of sulfonamides is 1. The molecular weight excluding hydrogens is 312 g/mol. The summed E-state index contributed by atoms with van der Waals surface area (Å²) in [6, 6.07) is 7.70. The highest BCUT2D eigenvalue weighted by Gasteiger charge is 2.16. The highest BCUT2D eigenvalue weighted by molar-refractivity contribution is 7.92. The Balaban J connectivity index is 2.27. The Morgan fingerprint density at radius 3 is 2.76 bits per heavy atom. The fraction of sp³-hybridized carbons (Fsp3) is 0.231. The van der Waals surface area contributed by atoms with E-state index in [-0.39, 0.29) is 10.7 Å². The van der Waals surface area contributed by atoms with E-state index in [2.05, 4.69) is 20.2 Å². The van der Waals surface area contributed by atoms with Crippen molar-refractivity contribution in [2.45, 2.75) is 18.4 Å². The van der Waals surface area contributed by atoms with Crippen LogP contribution in [0.2, 0.25) is 5.02 Å². The van der Waals surface area contributed by atoms with Crippen LogP contribution in [-0.2, 0) is 16.6 Å². The van der Waals surface area contributed by atoms with Crippen molar-refractivity contribution in [2.24, 2.45) is 0 Å². The minimum atomic E-state index is -3.72. The number of halogens is 1. The smallest absolute Gasteiger partial charge is 0.263 e. The van der Waals surface area contributed by atoms with Crippen LogP contribution in [0.1, 0.15) is 12.5 Å². The molecule has 21 heavy (non-hydrogen) atoms. The average Bonchev–Trinajstić information content (AvgIpc) is 2.47. The van der Waals surface area contributed by atoms with Crippen LogP contribution in [0, 0.1) is 0 Å². The van der Waals surface area contributed by atoms with Gasteiger partial charge in [-0.3, -0.25) is 4.72 Å². The van der Waals surface area contributed by atoms with Crippen LogP contribution in [0.3, 0.4) is 0 Å². The van der Waals surface area contributed by atoms with Crippen molar-refractivity contribution in [3.8, 4) is 0 Å². The normalized spacial score (nSPS) is 11.3. The molecule has 0 bridgehead atoms. The summed E-state index contributed by atoms with van der Waals surface area (Å²) in [4.78, 5) is 0.130. The molecule has 112 valence electrons. The van der Waals surface area contributed by atoms with Crippen LogP contribution in [0.5, 0.6) is 0 Å². The van der Waals surface area contributed by atoms with Gasteiger partial charge in [-0.25, -0.2) is 8.42 Å². The summed E-state index contributed by atoms with van der Waals surface area (Å²) in [7, 11) is -3.72. The standard InChI is InChI=1S/C13H15ClN4O2S/c1-2-15-9-10-8-11(5-6-12(10)14)21(19,20)18-13-4-3-7-16-17-13/h3-8,15H,2,9H2,1H3,(H,17,18). The Bertz CT molecular complexity index is 707. The Kier molecular flexibility index (Phi) is 5.11. The monoisotopic (exact) mass is 326 g/mol. The molecule has 0 spiro atoms. The molecule has 0 aliphatic heterocycles. The highest BCUT2D eigenvalue weighted by atomic mass is 35.5. The van der Waals surface area contributed by atoms with Crippen LogP contribution >= 0.6 is 11.6 Å². The Labute approximate surface area is 128 Å². The Morgan fingerprint density at radius 1 is 1.29 bits per heavy atom. The maximum Gasteiger partial charge on any atom is 0.263 e. The van der Waals surface area contributed by atoms with Crippen LogP contribution in [0.25, 0.3) is 0 Å². The predicted molar refractivity (Wildman–Crippen MR) is 81.7 cm³/mol. The number of rotatable bonds is 6. The van der Waals surface area contributed by atoms with Crippen molar-refractivity contribution in [1.29, 1.82) is 0 Å². The molecule has 1 aromatic heterocycles. The molecule has 0 saturated carbocycles. The largest absolute Gasteiger partial charge is 0.313 e. The van der Waals surface area contributed by atoms with Gasteiger partial charge in [0.25, 0.3) is 10.0 Å². The number of nitrogens with zero attached hydrogens (tertiary/aromatic N) is 2. The Hall–Kier alpha value is -1.70. The molecule has 0 atom stereocenters. The average molecular weight is 327 g/mol. The van der Waals surface area contributed by atoms with Gasteiger partial charge in [-0.1, -0.05) is 18.5 Å². The number of benzene rings is 1. The molecule has 1 heterocycles. The zero-order valence-electron chi connectivity index (χ0n) is 11.4. The van der Waals surface area contributed by atoms with Gasteiger partial charge in [-0.05, 0) is 42.4 Å². The number of hydrogen-bond donors (Lipinski definition) is 2. The molecule has 0 saturated heterocycles. The van der Waals surface area contributed by atoms with Crippen molar-refractivity contribution in [1.82, 2.24) is 15.5 Å². The van der Waals surface area contributed by atoms with Gasteiger partial charge in [-0.15, -0.1) is 5.10 Å². The van der Waals surface area contributed by atoms with Gasteiger partial charge in [0.05, 0.1) is 4.90 Å². The Morgan fingerprint density at radius 2 is 2.10 bits per heavy atom. The van der Waals surface area contributed by atoms with Crippen LogP contribution < -0.4 is 10.0 Å². The van der Waals surface area contributed by atoms with E-state index in [0.717, 1.165) is 12.1 Å². The third-order valence-electron chi connectivity index (χ3n) is 2.70. The van der Waals surface area contributed by atoms with Crippen molar-refractivity contribution in [3.05, 3.63) is 47.1 Å². The molecule has 0 amide bonds. The molecule has 6 nitrogen and oxygen atoms in total. The number of hydrogen-bond acceptors (Lipinski definition) is 5.